The third-order valence-electron chi connectivity index (χ3n) is 7.71. The lowest BCUT2D eigenvalue weighted by molar-refractivity contribution is 0.199. The van der Waals surface area contributed by atoms with E-state index >= 15 is 0 Å². The van der Waals surface area contributed by atoms with E-state index in [1.54, 1.807) is 0 Å². The fraction of sp³-hybridized carbons (Fsp3) is 0.516. The number of hydrogen-bond acceptors (Lipinski definition) is 3. The van der Waals surface area contributed by atoms with Gasteiger partial charge in [-0.15, -0.1) is 0 Å². The van der Waals surface area contributed by atoms with Crippen molar-refractivity contribution in [3.8, 4) is 0 Å². The topological polar surface area (TPSA) is 24.3 Å². The molecule has 4 nitrogen and oxygen atoms in total. The van der Waals surface area contributed by atoms with Crippen LogP contribution in [0.3, 0.4) is 0 Å². The molecule has 0 spiro atoms. The second-order valence-corrected chi connectivity index (χ2v) is 10.7. The van der Waals surface area contributed by atoms with Crippen LogP contribution in [-0.4, -0.2) is 52.3 Å². The molecular weight excluding hydrogens is 428 g/mol. The summed E-state index contributed by atoms with van der Waals surface area (Å²) in [7, 11) is 4.33. The van der Waals surface area contributed by atoms with E-state index in [9.17, 15) is 0 Å². The SMILES string of the molecule is C=C1CC(C(C)N(C)C)N(C(=C)c2cc(CC)c(CCCCCn3cc(C(=C)C)cn3)cc2C)C1. The summed E-state index contributed by atoms with van der Waals surface area (Å²) in [6, 6.07) is 5.70. The van der Waals surface area contributed by atoms with Crippen molar-refractivity contribution >= 4 is 11.3 Å². The van der Waals surface area contributed by atoms with Gasteiger partial charge in [0.25, 0.3) is 0 Å². The molecule has 3 rings (SSSR count). The molecule has 2 unspecified atom stereocenters. The summed E-state index contributed by atoms with van der Waals surface area (Å²) >= 11 is 0. The van der Waals surface area contributed by atoms with E-state index in [1.165, 1.54) is 40.7 Å². The van der Waals surface area contributed by atoms with Crippen LogP contribution in [0.15, 0.2) is 49.8 Å². The molecule has 190 valence electrons. The smallest absolute Gasteiger partial charge is 0.0564 e. The summed E-state index contributed by atoms with van der Waals surface area (Å²) in [6.45, 7) is 23.6. The van der Waals surface area contributed by atoms with Gasteiger partial charge in [-0.25, -0.2) is 0 Å². The van der Waals surface area contributed by atoms with E-state index in [1.807, 2.05) is 17.8 Å². The lowest BCUT2D eigenvalue weighted by atomic mass is 9.92. The van der Waals surface area contributed by atoms with Crippen LogP contribution in [0.1, 0.15) is 74.3 Å². The average Bonchev–Trinajstić information content (AvgIpc) is 3.44. The molecule has 1 aliphatic heterocycles. The third kappa shape index (κ3) is 6.55. The van der Waals surface area contributed by atoms with Crippen molar-refractivity contribution in [1.29, 1.82) is 0 Å². The van der Waals surface area contributed by atoms with Crippen molar-refractivity contribution < 1.29 is 0 Å². The highest BCUT2D eigenvalue weighted by Crippen LogP contribution is 2.34. The molecule has 1 aromatic heterocycles. The van der Waals surface area contributed by atoms with Gasteiger partial charge in [0, 0.05) is 48.2 Å². The van der Waals surface area contributed by atoms with Crippen molar-refractivity contribution in [1.82, 2.24) is 19.6 Å². The lowest BCUT2D eigenvalue weighted by Gasteiger charge is -2.36. The van der Waals surface area contributed by atoms with Crippen molar-refractivity contribution in [2.24, 2.45) is 0 Å². The number of aromatic nitrogens is 2. The van der Waals surface area contributed by atoms with Gasteiger partial charge in [-0.3, -0.25) is 4.68 Å². The molecule has 0 amide bonds. The van der Waals surface area contributed by atoms with Crippen LogP contribution in [-0.2, 0) is 19.4 Å². The molecule has 4 heteroatoms. The third-order valence-corrected chi connectivity index (χ3v) is 7.71. The maximum absolute atomic E-state index is 4.58. The summed E-state index contributed by atoms with van der Waals surface area (Å²) in [4.78, 5) is 4.80. The van der Waals surface area contributed by atoms with Crippen LogP contribution in [0.5, 0.6) is 0 Å². The number of hydrogen-bond donors (Lipinski definition) is 0. The largest absolute Gasteiger partial charge is 0.363 e. The second kappa shape index (κ2) is 11.9. The van der Waals surface area contributed by atoms with Crippen LogP contribution < -0.4 is 0 Å². The molecule has 1 fully saturated rings. The zero-order chi connectivity index (χ0) is 25.7. The monoisotopic (exact) mass is 474 g/mol. The number of benzene rings is 1. The van der Waals surface area contributed by atoms with E-state index in [0.717, 1.165) is 55.6 Å². The van der Waals surface area contributed by atoms with E-state index < -0.39 is 0 Å². The van der Waals surface area contributed by atoms with Gasteiger partial charge in [0.15, 0.2) is 0 Å². The first-order valence-electron chi connectivity index (χ1n) is 13.2. The molecule has 1 aromatic carbocycles. The number of likely N-dealkylation sites (tertiary alicyclic amines) is 1. The Morgan fingerprint density at radius 2 is 1.91 bits per heavy atom. The first-order chi connectivity index (χ1) is 16.6. The standard InChI is InChI=1S/C31H46N4/c1-10-27-18-30(25(6)35-20-23(4)16-31(35)26(7)33(8)9)24(5)17-28(27)14-12-11-13-15-34-21-29(19-32-34)22(2)3/h17-19,21,26,31H,2,4,6,10-16,20H2,1,3,5,7-9H3. The van der Waals surface area contributed by atoms with Crippen molar-refractivity contribution in [3.05, 3.63) is 77.7 Å². The molecule has 0 saturated carbocycles. The Labute approximate surface area is 214 Å². The Morgan fingerprint density at radius 1 is 1.17 bits per heavy atom. The molecule has 35 heavy (non-hydrogen) atoms. The van der Waals surface area contributed by atoms with Gasteiger partial charge in [-0.05, 0) is 95.3 Å². The number of allylic oxidation sites excluding steroid dienone is 1. The summed E-state index contributed by atoms with van der Waals surface area (Å²) in [5.74, 6) is 0. The molecule has 2 atom stereocenters. The van der Waals surface area contributed by atoms with Gasteiger partial charge in [-0.1, -0.05) is 44.7 Å². The first-order valence-corrected chi connectivity index (χ1v) is 13.2. The highest BCUT2D eigenvalue weighted by Gasteiger charge is 2.33. The quantitative estimate of drug-likeness (QED) is 0.251. The summed E-state index contributed by atoms with van der Waals surface area (Å²) < 4.78 is 2.05. The zero-order valence-electron chi connectivity index (χ0n) is 23.0. The second-order valence-electron chi connectivity index (χ2n) is 10.7. The number of nitrogens with zero attached hydrogens (tertiary/aromatic N) is 4. The van der Waals surface area contributed by atoms with E-state index in [-0.39, 0.29) is 0 Å². The lowest BCUT2D eigenvalue weighted by Crippen LogP contribution is -2.43. The van der Waals surface area contributed by atoms with Crippen LogP contribution >= 0.6 is 0 Å². The molecule has 2 aromatic rings. The number of likely N-dealkylation sites (N-methyl/N-ethyl adjacent to an activating group) is 1. The molecule has 1 aliphatic rings. The van der Waals surface area contributed by atoms with Gasteiger partial charge in [0.1, 0.15) is 0 Å². The van der Waals surface area contributed by atoms with E-state index in [0.29, 0.717) is 12.1 Å². The van der Waals surface area contributed by atoms with Crippen LogP contribution in [0.4, 0.5) is 0 Å². The average molecular weight is 475 g/mol. The zero-order valence-corrected chi connectivity index (χ0v) is 23.0. The molecule has 0 N–H and O–H groups in total. The first kappa shape index (κ1) is 27.0. The highest BCUT2D eigenvalue weighted by molar-refractivity contribution is 5.67. The Morgan fingerprint density at radius 3 is 2.54 bits per heavy atom. The van der Waals surface area contributed by atoms with Crippen molar-refractivity contribution in [2.45, 2.75) is 84.8 Å². The molecule has 0 radical (unpaired) electrons. The van der Waals surface area contributed by atoms with Gasteiger partial charge >= 0.3 is 0 Å². The molecular formula is C31H46N4. The van der Waals surface area contributed by atoms with Crippen molar-refractivity contribution in [3.63, 3.8) is 0 Å². The number of aryl methyl sites for hydroxylation is 4. The van der Waals surface area contributed by atoms with Crippen molar-refractivity contribution in [2.75, 3.05) is 20.6 Å². The van der Waals surface area contributed by atoms with Crippen LogP contribution in [0.25, 0.3) is 11.3 Å². The maximum atomic E-state index is 4.58. The van der Waals surface area contributed by atoms with E-state index in [2.05, 4.69) is 87.8 Å². The van der Waals surface area contributed by atoms with Gasteiger partial charge < -0.3 is 9.80 Å². The van der Waals surface area contributed by atoms with E-state index in [4.69, 9.17) is 0 Å². The Hall–Kier alpha value is -2.59. The fourth-order valence-electron chi connectivity index (χ4n) is 5.21. The molecule has 2 heterocycles. The molecule has 0 aliphatic carbocycles. The minimum absolute atomic E-state index is 0.426. The maximum Gasteiger partial charge on any atom is 0.0564 e. The van der Waals surface area contributed by atoms with Gasteiger partial charge in [0.05, 0.1) is 6.20 Å². The normalized spacial score (nSPS) is 16.8. The summed E-state index contributed by atoms with van der Waals surface area (Å²) in [5, 5.41) is 4.46. The minimum Gasteiger partial charge on any atom is -0.363 e. The predicted octanol–water partition coefficient (Wildman–Crippen LogP) is 6.75. The van der Waals surface area contributed by atoms with Crippen LogP contribution in [0, 0.1) is 6.92 Å². The Bertz CT molecular complexity index is 1060. The fourth-order valence-corrected chi connectivity index (χ4v) is 5.21. The summed E-state index contributed by atoms with van der Waals surface area (Å²) in [5.41, 5.74) is 10.2. The molecule has 1 saturated heterocycles. The highest BCUT2D eigenvalue weighted by atomic mass is 15.3. The Balaban J connectivity index is 1.63. The Kier molecular flexibility index (Phi) is 9.18. The van der Waals surface area contributed by atoms with Gasteiger partial charge in [-0.2, -0.15) is 5.10 Å². The van der Waals surface area contributed by atoms with Gasteiger partial charge in [0.2, 0.25) is 0 Å². The van der Waals surface area contributed by atoms with Crippen LogP contribution in [0.2, 0.25) is 0 Å². The summed E-state index contributed by atoms with van der Waals surface area (Å²) in [6.07, 6.45) is 10.8. The number of unbranched alkanes of at least 4 members (excludes halogenated alkanes) is 2. The number of rotatable bonds is 12. The molecule has 0 bridgehead atoms. The minimum atomic E-state index is 0.426. The predicted molar refractivity (Wildman–Crippen MR) is 151 cm³/mol.